The van der Waals surface area contributed by atoms with Crippen LogP contribution in [0.1, 0.15) is 5.56 Å². The van der Waals surface area contributed by atoms with Gasteiger partial charge in [0.2, 0.25) is 0 Å². The number of benzene rings is 1. The molecule has 0 aliphatic carbocycles. The summed E-state index contributed by atoms with van der Waals surface area (Å²) in [4.78, 5) is 0. The van der Waals surface area contributed by atoms with E-state index in [1.165, 1.54) is 5.56 Å². The summed E-state index contributed by atoms with van der Waals surface area (Å²) in [6.45, 7) is 0.705. The maximum absolute atomic E-state index is 11.0. The van der Waals surface area contributed by atoms with Crippen LogP contribution in [0.4, 0.5) is 26.3 Å². The summed E-state index contributed by atoms with van der Waals surface area (Å²) in [5.41, 5.74) is -4.53. The zero-order valence-corrected chi connectivity index (χ0v) is 11.9. The number of hydrogen-bond donors (Lipinski definition) is 3. The zero-order valence-electron chi connectivity index (χ0n) is 10.3. The van der Waals surface area contributed by atoms with Gasteiger partial charge < -0.3 is 11.1 Å². The Kier molecular flexibility index (Phi) is 7.64. The van der Waals surface area contributed by atoms with Crippen LogP contribution in [0.3, 0.4) is 0 Å². The SMILES string of the molecule is N=S(C(F)(F)F)C(F)(F)F.NC(=S)NCc1ccccc1. The van der Waals surface area contributed by atoms with Crippen LogP contribution >= 0.6 is 12.2 Å². The summed E-state index contributed by atoms with van der Waals surface area (Å²) in [6, 6.07) is 9.98. The Morgan fingerprint density at radius 2 is 1.52 bits per heavy atom. The lowest BCUT2D eigenvalue weighted by Crippen LogP contribution is -2.28. The smallest absolute Gasteiger partial charge is 0.376 e. The van der Waals surface area contributed by atoms with Crippen LogP contribution in [0.15, 0.2) is 30.3 Å². The Labute approximate surface area is 124 Å². The minimum absolute atomic E-state index is 0.342. The molecule has 120 valence electrons. The van der Waals surface area contributed by atoms with Crippen molar-refractivity contribution in [2.45, 2.75) is 17.6 Å². The molecule has 1 rings (SSSR count). The topological polar surface area (TPSA) is 61.9 Å². The summed E-state index contributed by atoms with van der Waals surface area (Å²) in [5, 5.41) is 3.21. The second-order valence-corrected chi connectivity index (χ2v) is 5.38. The van der Waals surface area contributed by atoms with E-state index in [4.69, 9.17) is 10.5 Å². The van der Waals surface area contributed by atoms with E-state index in [1.54, 1.807) is 0 Å². The van der Waals surface area contributed by atoms with Crippen LogP contribution in [-0.4, -0.2) is 16.1 Å². The van der Waals surface area contributed by atoms with E-state index in [1.807, 2.05) is 30.3 Å². The van der Waals surface area contributed by atoms with Crippen molar-refractivity contribution in [2.75, 3.05) is 0 Å². The number of hydrogen-bond acceptors (Lipinski definition) is 2. The van der Waals surface area contributed by atoms with Crippen LogP contribution in [-0.2, 0) is 17.2 Å². The fraction of sp³-hybridized carbons (Fsp3) is 0.300. The highest BCUT2D eigenvalue weighted by Gasteiger charge is 2.50. The molecule has 11 heteroatoms. The number of nitrogens with two attached hydrogens (primary N) is 1. The molecular weight excluding hydrogens is 340 g/mol. The van der Waals surface area contributed by atoms with Crippen molar-refractivity contribution < 1.29 is 26.3 Å². The van der Waals surface area contributed by atoms with Gasteiger partial charge in [0, 0.05) is 6.54 Å². The van der Waals surface area contributed by atoms with E-state index in [0.717, 1.165) is 0 Å². The molecule has 3 nitrogen and oxygen atoms in total. The molecule has 21 heavy (non-hydrogen) atoms. The van der Waals surface area contributed by atoms with Gasteiger partial charge in [-0.3, -0.25) is 4.78 Å². The standard InChI is InChI=1S/C8H10N2S.C2HF6NS/c9-8(11)10-6-7-4-2-1-3-5-7;3-1(4,5)10(9)2(6,7)8/h1-5H,6H2,(H3,9,10,11);9H. The summed E-state index contributed by atoms with van der Waals surface area (Å²) < 4.78 is 72.0. The molecule has 0 amide bonds. The van der Waals surface area contributed by atoms with Gasteiger partial charge in [0.05, 0.1) is 0 Å². The highest BCUT2D eigenvalue weighted by Crippen LogP contribution is 2.33. The van der Waals surface area contributed by atoms with Gasteiger partial charge in [0.15, 0.2) is 5.11 Å². The van der Waals surface area contributed by atoms with Crippen LogP contribution in [0.5, 0.6) is 0 Å². The van der Waals surface area contributed by atoms with Gasteiger partial charge in [-0.1, -0.05) is 30.3 Å². The minimum atomic E-state index is -5.49. The lowest BCUT2D eigenvalue weighted by atomic mass is 10.2. The molecule has 0 saturated heterocycles. The average molecular weight is 351 g/mol. The molecule has 0 atom stereocenters. The lowest BCUT2D eigenvalue weighted by molar-refractivity contribution is -0.0754. The van der Waals surface area contributed by atoms with Gasteiger partial charge in [0.25, 0.3) is 0 Å². The third kappa shape index (κ3) is 9.24. The second kappa shape index (κ2) is 8.17. The van der Waals surface area contributed by atoms with Crippen LogP contribution in [0, 0.1) is 4.78 Å². The van der Waals surface area contributed by atoms with Gasteiger partial charge in [-0.15, -0.1) is 0 Å². The Hall–Kier alpha value is -1.36. The van der Waals surface area contributed by atoms with E-state index in [9.17, 15) is 26.3 Å². The highest BCUT2D eigenvalue weighted by molar-refractivity contribution is 7.87. The first-order valence-corrected chi connectivity index (χ1v) is 6.74. The van der Waals surface area contributed by atoms with Crippen molar-refractivity contribution in [2.24, 2.45) is 5.73 Å². The fourth-order valence-electron chi connectivity index (χ4n) is 0.916. The molecule has 0 aliphatic rings. The second-order valence-electron chi connectivity index (χ2n) is 3.40. The quantitative estimate of drug-likeness (QED) is 0.565. The molecule has 0 fully saturated rings. The third-order valence-electron chi connectivity index (χ3n) is 1.77. The summed E-state index contributed by atoms with van der Waals surface area (Å²) >= 11 is 4.66. The van der Waals surface area contributed by atoms with Crippen LogP contribution in [0.2, 0.25) is 0 Å². The molecule has 4 N–H and O–H groups in total. The molecular formula is C10H11F6N3S2. The zero-order chi connectivity index (χ0) is 16.7. The first kappa shape index (κ1) is 19.6. The molecule has 1 aromatic carbocycles. The Balaban J connectivity index is 0.000000384. The first-order valence-electron chi connectivity index (χ1n) is 5.11. The van der Waals surface area contributed by atoms with Crippen molar-refractivity contribution in [3.05, 3.63) is 35.9 Å². The largest absolute Gasteiger partial charge is 0.460 e. The van der Waals surface area contributed by atoms with Gasteiger partial charge in [0.1, 0.15) is 10.7 Å². The van der Waals surface area contributed by atoms with Gasteiger partial charge in [-0.05, 0) is 17.8 Å². The predicted octanol–water partition coefficient (Wildman–Crippen LogP) is 3.43. The molecule has 0 radical (unpaired) electrons. The summed E-state index contributed by atoms with van der Waals surface area (Å²) in [5.74, 6) is 0. The first-order chi connectivity index (χ1) is 9.44. The van der Waals surface area contributed by atoms with E-state index in [0.29, 0.717) is 11.7 Å². The van der Waals surface area contributed by atoms with Gasteiger partial charge >= 0.3 is 11.0 Å². The molecule has 0 unspecified atom stereocenters. The van der Waals surface area contributed by atoms with E-state index in [-0.39, 0.29) is 0 Å². The number of rotatable bonds is 2. The maximum Gasteiger partial charge on any atom is 0.460 e. The van der Waals surface area contributed by atoms with E-state index in [2.05, 4.69) is 17.5 Å². The number of alkyl halides is 6. The predicted molar refractivity (Wildman–Crippen MR) is 72.3 cm³/mol. The monoisotopic (exact) mass is 351 g/mol. The van der Waals surface area contributed by atoms with Gasteiger partial charge in [-0.2, -0.15) is 26.3 Å². The Morgan fingerprint density at radius 3 is 1.81 bits per heavy atom. The number of halogens is 6. The van der Waals surface area contributed by atoms with Crippen LogP contribution in [0.25, 0.3) is 0 Å². The van der Waals surface area contributed by atoms with Crippen molar-refractivity contribution in [1.82, 2.24) is 5.32 Å². The molecule has 0 spiro atoms. The normalized spacial score (nSPS) is 11.6. The van der Waals surface area contributed by atoms with Crippen molar-refractivity contribution >= 4 is 28.0 Å². The Bertz CT molecular complexity index is 456. The molecule has 0 aliphatic heterocycles. The molecule has 0 heterocycles. The highest BCUT2D eigenvalue weighted by atomic mass is 32.2. The minimum Gasteiger partial charge on any atom is -0.376 e. The van der Waals surface area contributed by atoms with E-state index >= 15 is 0 Å². The molecule has 0 bridgehead atoms. The molecule has 0 aromatic heterocycles. The fourth-order valence-corrected chi connectivity index (χ4v) is 1.25. The van der Waals surface area contributed by atoms with Crippen molar-refractivity contribution in [3.63, 3.8) is 0 Å². The van der Waals surface area contributed by atoms with Crippen LogP contribution < -0.4 is 11.1 Å². The third-order valence-corrected chi connectivity index (χ3v) is 2.84. The summed E-state index contributed by atoms with van der Waals surface area (Å²) in [6.07, 6.45) is 0. The van der Waals surface area contributed by atoms with E-state index < -0.39 is 21.7 Å². The lowest BCUT2D eigenvalue weighted by Gasteiger charge is -2.11. The van der Waals surface area contributed by atoms with Crippen molar-refractivity contribution in [1.29, 1.82) is 4.78 Å². The summed E-state index contributed by atoms with van der Waals surface area (Å²) in [7, 11) is -4.25. The van der Waals surface area contributed by atoms with Crippen molar-refractivity contribution in [3.8, 4) is 0 Å². The molecule has 1 aromatic rings. The maximum atomic E-state index is 11.0. The number of thiocarbonyl (C=S) groups is 1. The average Bonchev–Trinajstić information content (AvgIpc) is 2.35. The number of nitrogens with one attached hydrogen (secondary N) is 2. The van der Waals surface area contributed by atoms with Gasteiger partial charge in [-0.25, -0.2) is 0 Å². The Morgan fingerprint density at radius 1 is 1.10 bits per heavy atom. The molecule has 0 saturated carbocycles.